The third-order valence-electron chi connectivity index (χ3n) is 3.10. The Kier molecular flexibility index (Phi) is 2.79. The van der Waals surface area contributed by atoms with Crippen LogP contribution in [0.15, 0.2) is 29.1 Å². The van der Waals surface area contributed by atoms with Gasteiger partial charge in [-0.15, -0.1) is 0 Å². The Morgan fingerprint density at radius 1 is 1.47 bits per heavy atom. The molecule has 1 atom stereocenters. The van der Waals surface area contributed by atoms with Gasteiger partial charge in [-0.3, -0.25) is 9.55 Å². The predicted molar refractivity (Wildman–Crippen MR) is 67.3 cm³/mol. The van der Waals surface area contributed by atoms with Crippen molar-refractivity contribution in [1.82, 2.24) is 9.55 Å². The van der Waals surface area contributed by atoms with Crippen molar-refractivity contribution < 1.29 is 14.6 Å². The molecule has 19 heavy (non-hydrogen) atoms. The van der Waals surface area contributed by atoms with E-state index in [2.05, 4.69) is 4.98 Å². The highest BCUT2D eigenvalue weighted by molar-refractivity contribution is 5.31. The summed E-state index contributed by atoms with van der Waals surface area (Å²) in [4.78, 5) is 14.1. The van der Waals surface area contributed by atoms with Crippen LogP contribution in [0, 0.1) is 0 Å². The number of rotatable bonds is 3. The molecule has 3 rings (SSSR count). The summed E-state index contributed by atoms with van der Waals surface area (Å²) in [5, 5.41) is 9.55. The fourth-order valence-electron chi connectivity index (χ4n) is 2.23. The van der Waals surface area contributed by atoms with Crippen LogP contribution < -0.4 is 10.4 Å². The minimum Gasteiger partial charge on any atom is -0.494 e. The molecule has 1 aromatic carbocycles. The van der Waals surface area contributed by atoms with Crippen molar-refractivity contribution in [3.05, 3.63) is 46.0 Å². The molecular weight excluding hydrogens is 248 g/mol. The van der Waals surface area contributed by atoms with Gasteiger partial charge in [0.05, 0.1) is 13.2 Å². The number of hydrogen-bond donors (Lipinski definition) is 2. The molecule has 0 radical (unpaired) electrons. The molecule has 1 aliphatic rings. The van der Waals surface area contributed by atoms with Crippen molar-refractivity contribution in [2.24, 2.45) is 0 Å². The molecule has 1 aromatic heterocycles. The van der Waals surface area contributed by atoms with Crippen LogP contribution in [0.3, 0.4) is 0 Å². The number of fused-ring (bicyclic) bond motifs is 1. The highest BCUT2D eigenvalue weighted by atomic mass is 16.5. The first-order valence-corrected chi connectivity index (χ1v) is 6.07. The van der Waals surface area contributed by atoms with Crippen molar-refractivity contribution in [3.8, 4) is 11.6 Å². The summed E-state index contributed by atoms with van der Waals surface area (Å²) in [6, 6.07) is 7.36. The van der Waals surface area contributed by atoms with E-state index < -0.39 is 6.23 Å². The minimum absolute atomic E-state index is 0.126. The van der Waals surface area contributed by atoms with Gasteiger partial charge < -0.3 is 14.6 Å². The van der Waals surface area contributed by atoms with E-state index in [1.54, 1.807) is 0 Å². The average Bonchev–Trinajstić information content (AvgIpc) is 2.94. The molecule has 6 heteroatoms. The van der Waals surface area contributed by atoms with Gasteiger partial charge in [-0.05, 0) is 19.1 Å². The summed E-state index contributed by atoms with van der Waals surface area (Å²) in [6.45, 7) is 2.74. The summed E-state index contributed by atoms with van der Waals surface area (Å²) in [5.41, 5.74) is 0.941. The standard InChI is InChI=1S/C13H14N2O4/c1-2-18-9-5-3-8(4-6-9)12-15-10(7-19-12)11(16)14-13(15)17/h3-6,12,16H,2,7H2,1H3,(H,14,17). The maximum Gasteiger partial charge on any atom is 0.331 e. The molecular formula is C13H14N2O4. The predicted octanol–water partition coefficient (Wildman–Crippen LogP) is 1.36. The van der Waals surface area contributed by atoms with Crippen LogP contribution in [0.4, 0.5) is 0 Å². The van der Waals surface area contributed by atoms with E-state index in [0.29, 0.717) is 12.3 Å². The molecule has 0 saturated heterocycles. The van der Waals surface area contributed by atoms with Crippen molar-refractivity contribution in [2.45, 2.75) is 19.8 Å². The lowest BCUT2D eigenvalue weighted by Gasteiger charge is -2.12. The van der Waals surface area contributed by atoms with Crippen molar-refractivity contribution in [3.63, 3.8) is 0 Å². The number of aromatic amines is 1. The first-order chi connectivity index (χ1) is 9.20. The number of nitrogens with one attached hydrogen (secondary N) is 1. The number of imidazole rings is 1. The van der Waals surface area contributed by atoms with Gasteiger partial charge in [-0.1, -0.05) is 12.1 Å². The molecule has 0 bridgehead atoms. The Morgan fingerprint density at radius 2 is 2.21 bits per heavy atom. The largest absolute Gasteiger partial charge is 0.494 e. The van der Waals surface area contributed by atoms with Gasteiger partial charge in [0, 0.05) is 5.56 Å². The van der Waals surface area contributed by atoms with Gasteiger partial charge in [0.15, 0.2) is 6.23 Å². The van der Waals surface area contributed by atoms with E-state index in [4.69, 9.17) is 9.47 Å². The maximum absolute atomic E-state index is 11.7. The minimum atomic E-state index is -0.504. The zero-order valence-corrected chi connectivity index (χ0v) is 10.4. The van der Waals surface area contributed by atoms with E-state index >= 15 is 0 Å². The van der Waals surface area contributed by atoms with E-state index in [-0.39, 0.29) is 18.2 Å². The van der Waals surface area contributed by atoms with Crippen molar-refractivity contribution in [2.75, 3.05) is 6.61 Å². The quantitative estimate of drug-likeness (QED) is 0.875. The monoisotopic (exact) mass is 262 g/mol. The number of benzene rings is 1. The summed E-state index contributed by atoms with van der Waals surface area (Å²) >= 11 is 0. The molecule has 1 aliphatic heterocycles. The van der Waals surface area contributed by atoms with Crippen LogP contribution in [0.25, 0.3) is 0 Å². The van der Waals surface area contributed by atoms with Crippen LogP contribution >= 0.6 is 0 Å². The average molecular weight is 262 g/mol. The van der Waals surface area contributed by atoms with E-state index in [0.717, 1.165) is 11.3 Å². The second kappa shape index (κ2) is 4.47. The van der Waals surface area contributed by atoms with Gasteiger partial charge in [0.25, 0.3) is 0 Å². The Labute approximate surface area is 109 Å². The molecule has 1 unspecified atom stereocenters. The van der Waals surface area contributed by atoms with Crippen LogP contribution in [-0.2, 0) is 11.3 Å². The zero-order chi connectivity index (χ0) is 13.4. The van der Waals surface area contributed by atoms with Gasteiger partial charge in [0.1, 0.15) is 11.4 Å². The Morgan fingerprint density at radius 3 is 2.89 bits per heavy atom. The van der Waals surface area contributed by atoms with E-state index in [1.165, 1.54) is 4.57 Å². The Hall–Kier alpha value is -2.21. The van der Waals surface area contributed by atoms with Crippen LogP contribution in [-0.4, -0.2) is 21.3 Å². The van der Waals surface area contributed by atoms with E-state index in [9.17, 15) is 9.90 Å². The molecule has 2 N–H and O–H groups in total. The van der Waals surface area contributed by atoms with Gasteiger partial charge in [-0.2, -0.15) is 0 Å². The number of hydrogen-bond acceptors (Lipinski definition) is 4. The van der Waals surface area contributed by atoms with Crippen LogP contribution in [0.1, 0.15) is 24.4 Å². The second-order valence-corrected chi connectivity index (χ2v) is 4.26. The van der Waals surface area contributed by atoms with Crippen LogP contribution in [0.2, 0.25) is 0 Å². The molecule has 0 fully saturated rings. The molecule has 0 spiro atoms. The number of aromatic nitrogens is 2. The second-order valence-electron chi connectivity index (χ2n) is 4.26. The normalized spacial score (nSPS) is 17.4. The molecule has 0 saturated carbocycles. The topological polar surface area (TPSA) is 76.5 Å². The Balaban J connectivity index is 1.95. The zero-order valence-electron chi connectivity index (χ0n) is 10.4. The number of ether oxygens (including phenoxy) is 2. The lowest BCUT2D eigenvalue weighted by molar-refractivity contribution is 0.0600. The van der Waals surface area contributed by atoms with Gasteiger partial charge in [0.2, 0.25) is 5.88 Å². The van der Waals surface area contributed by atoms with Crippen LogP contribution in [0.5, 0.6) is 11.6 Å². The van der Waals surface area contributed by atoms with Crippen molar-refractivity contribution in [1.29, 1.82) is 0 Å². The fraction of sp³-hybridized carbons (Fsp3) is 0.308. The summed E-state index contributed by atoms with van der Waals surface area (Å²) in [7, 11) is 0. The van der Waals surface area contributed by atoms with Gasteiger partial charge >= 0.3 is 5.69 Å². The number of nitrogens with zero attached hydrogens (tertiary/aromatic N) is 1. The first-order valence-electron chi connectivity index (χ1n) is 6.07. The molecule has 2 heterocycles. The fourth-order valence-corrected chi connectivity index (χ4v) is 2.23. The first kappa shape index (κ1) is 11.9. The van der Waals surface area contributed by atoms with Crippen molar-refractivity contribution >= 4 is 0 Å². The SMILES string of the molecule is CCOc1ccc(C2OCc3c(O)[nH]c(=O)n32)cc1. The summed E-state index contributed by atoms with van der Waals surface area (Å²) < 4.78 is 12.3. The molecule has 2 aromatic rings. The molecule has 0 aliphatic carbocycles. The number of aromatic hydroxyl groups is 1. The summed E-state index contributed by atoms with van der Waals surface area (Å²) in [6.07, 6.45) is -0.504. The molecule has 6 nitrogen and oxygen atoms in total. The lowest BCUT2D eigenvalue weighted by atomic mass is 10.2. The third-order valence-corrected chi connectivity index (χ3v) is 3.10. The smallest absolute Gasteiger partial charge is 0.331 e. The van der Waals surface area contributed by atoms with Gasteiger partial charge in [-0.25, -0.2) is 4.79 Å². The number of H-pyrrole nitrogens is 1. The maximum atomic E-state index is 11.7. The molecule has 0 amide bonds. The lowest BCUT2D eigenvalue weighted by Crippen LogP contribution is -2.21. The summed E-state index contributed by atoms with van der Waals surface area (Å²) in [5.74, 6) is 0.646. The van der Waals surface area contributed by atoms with E-state index in [1.807, 2.05) is 31.2 Å². The Bertz CT molecular complexity index is 642. The highest BCUT2D eigenvalue weighted by Gasteiger charge is 2.29. The highest BCUT2D eigenvalue weighted by Crippen LogP contribution is 2.31. The third kappa shape index (κ3) is 1.90. The molecule has 100 valence electrons.